The van der Waals surface area contributed by atoms with Gasteiger partial charge in [-0.05, 0) is 43.2 Å². The van der Waals surface area contributed by atoms with Crippen LogP contribution in [0.25, 0.3) is 0 Å². The predicted molar refractivity (Wildman–Crippen MR) is 90.2 cm³/mol. The Kier molecular flexibility index (Phi) is 4.96. The van der Waals surface area contributed by atoms with Crippen LogP contribution < -0.4 is 10.5 Å². The van der Waals surface area contributed by atoms with Crippen molar-refractivity contribution in [2.45, 2.75) is 20.5 Å². The molecule has 2 nitrogen and oxygen atoms in total. The lowest BCUT2D eigenvalue weighted by molar-refractivity contribution is 0.299. The third-order valence-corrected chi connectivity index (χ3v) is 4.62. The van der Waals surface area contributed by atoms with Gasteiger partial charge in [-0.2, -0.15) is 0 Å². The Hall–Kier alpha value is -1.46. The van der Waals surface area contributed by atoms with Crippen LogP contribution in [0, 0.1) is 19.7 Å². The first-order valence-electron chi connectivity index (χ1n) is 6.37. The molecule has 2 N–H and O–H groups in total. The van der Waals surface area contributed by atoms with Gasteiger partial charge in [-0.15, -0.1) is 0 Å². The molecular weight excluding hydrogens is 353 g/mol. The summed E-state index contributed by atoms with van der Waals surface area (Å²) in [7, 11) is 0. The van der Waals surface area contributed by atoms with Gasteiger partial charge in [0.15, 0.2) is 0 Å². The third-order valence-electron chi connectivity index (χ3n) is 3.15. The van der Waals surface area contributed by atoms with E-state index < -0.39 is 5.82 Å². The van der Waals surface area contributed by atoms with Crippen molar-refractivity contribution in [1.29, 1.82) is 0 Å². The highest BCUT2D eigenvalue weighted by Crippen LogP contribution is 2.27. The van der Waals surface area contributed by atoms with Crippen LogP contribution >= 0.6 is 28.1 Å². The van der Waals surface area contributed by atoms with Gasteiger partial charge in [0.1, 0.15) is 23.2 Å². The lowest BCUT2D eigenvalue weighted by Crippen LogP contribution is -2.13. The molecule has 0 aliphatic carbocycles. The van der Waals surface area contributed by atoms with E-state index >= 15 is 0 Å². The highest BCUT2D eigenvalue weighted by molar-refractivity contribution is 9.10. The quantitative estimate of drug-likeness (QED) is 0.812. The zero-order valence-electron chi connectivity index (χ0n) is 11.7. The summed E-state index contributed by atoms with van der Waals surface area (Å²) in [5, 5.41) is 0. The molecule has 2 aromatic carbocycles. The molecule has 21 heavy (non-hydrogen) atoms. The number of rotatable bonds is 4. The Morgan fingerprint density at radius 3 is 2.48 bits per heavy atom. The molecule has 2 aromatic rings. The van der Waals surface area contributed by atoms with Gasteiger partial charge in [-0.1, -0.05) is 40.3 Å². The second kappa shape index (κ2) is 6.54. The lowest BCUT2D eigenvalue weighted by Gasteiger charge is -2.12. The van der Waals surface area contributed by atoms with Crippen LogP contribution in [0.1, 0.15) is 22.3 Å². The topological polar surface area (TPSA) is 35.2 Å². The molecule has 0 aliphatic rings. The summed E-state index contributed by atoms with van der Waals surface area (Å²) in [6, 6.07) is 8.76. The summed E-state index contributed by atoms with van der Waals surface area (Å²) >= 11 is 8.33. The Balaban J connectivity index is 2.21. The number of aryl methyl sites for hydroxylation is 2. The van der Waals surface area contributed by atoms with E-state index in [0.717, 1.165) is 15.6 Å². The van der Waals surface area contributed by atoms with E-state index in [1.54, 1.807) is 18.2 Å². The fraction of sp³-hybridized carbons (Fsp3) is 0.188. The van der Waals surface area contributed by atoms with E-state index in [1.165, 1.54) is 0 Å². The van der Waals surface area contributed by atoms with Gasteiger partial charge in [0.25, 0.3) is 0 Å². The minimum Gasteiger partial charge on any atom is -0.489 e. The molecule has 0 heterocycles. The van der Waals surface area contributed by atoms with Crippen molar-refractivity contribution in [3.63, 3.8) is 0 Å². The van der Waals surface area contributed by atoms with Crippen LogP contribution in [0.5, 0.6) is 5.75 Å². The van der Waals surface area contributed by atoms with E-state index in [9.17, 15) is 4.39 Å². The molecule has 0 saturated heterocycles. The van der Waals surface area contributed by atoms with E-state index in [2.05, 4.69) is 15.9 Å². The Labute approximate surface area is 137 Å². The molecule has 0 unspecified atom stereocenters. The summed E-state index contributed by atoms with van der Waals surface area (Å²) < 4.78 is 20.9. The number of ether oxygens (including phenoxy) is 1. The van der Waals surface area contributed by atoms with Crippen molar-refractivity contribution in [3.05, 3.63) is 62.9 Å². The molecule has 0 bridgehead atoms. The summed E-state index contributed by atoms with van der Waals surface area (Å²) in [5.41, 5.74) is 8.31. The smallest absolute Gasteiger partial charge is 0.139 e. The number of hydrogen-bond donors (Lipinski definition) is 1. The number of thiocarbonyl (C=S) groups is 1. The van der Waals surface area contributed by atoms with Gasteiger partial charge in [-0.25, -0.2) is 4.39 Å². The van der Waals surface area contributed by atoms with Gasteiger partial charge in [0, 0.05) is 15.6 Å². The van der Waals surface area contributed by atoms with Gasteiger partial charge in [-0.3, -0.25) is 0 Å². The predicted octanol–water partition coefficient (Wildman–Crippen LogP) is 4.42. The van der Waals surface area contributed by atoms with Crippen molar-refractivity contribution in [2.75, 3.05) is 0 Å². The molecule has 5 heteroatoms. The van der Waals surface area contributed by atoms with Crippen LogP contribution in [0.15, 0.2) is 34.8 Å². The summed E-state index contributed by atoms with van der Waals surface area (Å²) in [5.74, 6) is 0.281. The Bertz CT molecular complexity index is 680. The molecule has 0 amide bonds. The maximum atomic E-state index is 14.2. The molecule has 0 aliphatic heterocycles. The van der Waals surface area contributed by atoms with Crippen molar-refractivity contribution in [3.8, 4) is 5.75 Å². The Morgan fingerprint density at radius 2 is 1.90 bits per heavy atom. The molecule has 0 spiro atoms. The van der Waals surface area contributed by atoms with Crippen LogP contribution in [0.4, 0.5) is 4.39 Å². The number of halogens is 2. The molecule has 2 rings (SSSR count). The van der Waals surface area contributed by atoms with Crippen molar-refractivity contribution < 1.29 is 9.13 Å². The van der Waals surface area contributed by atoms with Crippen LogP contribution in [-0.4, -0.2) is 4.99 Å². The first kappa shape index (κ1) is 15.9. The normalized spacial score (nSPS) is 10.5. The van der Waals surface area contributed by atoms with Gasteiger partial charge in [0.05, 0.1) is 0 Å². The summed E-state index contributed by atoms with van der Waals surface area (Å²) in [4.78, 5) is 0.0460. The summed E-state index contributed by atoms with van der Waals surface area (Å²) in [6.45, 7) is 4.10. The third kappa shape index (κ3) is 3.60. The van der Waals surface area contributed by atoms with Crippen LogP contribution in [-0.2, 0) is 6.61 Å². The first-order valence-corrected chi connectivity index (χ1v) is 7.57. The first-order chi connectivity index (χ1) is 9.90. The summed E-state index contributed by atoms with van der Waals surface area (Å²) in [6.07, 6.45) is 0. The van der Waals surface area contributed by atoms with E-state index in [4.69, 9.17) is 22.7 Å². The minimum atomic E-state index is -0.421. The zero-order chi connectivity index (χ0) is 15.6. The second-order valence-electron chi connectivity index (χ2n) is 4.80. The average Bonchev–Trinajstić information content (AvgIpc) is 2.43. The molecule has 0 aromatic heterocycles. The van der Waals surface area contributed by atoms with E-state index in [0.29, 0.717) is 11.3 Å². The molecule has 0 atom stereocenters. The van der Waals surface area contributed by atoms with E-state index in [1.807, 2.05) is 26.0 Å². The standard InChI is InChI=1S/C16H15BrFNOS/c1-9-6-12(7-10(2)14(9)17)20-8-11-4-3-5-13(15(11)18)16(19)21/h3-7H,8H2,1-2H3,(H2,19,21). The van der Waals surface area contributed by atoms with E-state index in [-0.39, 0.29) is 17.2 Å². The van der Waals surface area contributed by atoms with Crippen molar-refractivity contribution >= 4 is 33.1 Å². The average molecular weight is 368 g/mol. The molecule has 0 fully saturated rings. The largest absolute Gasteiger partial charge is 0.489 e. The highest BCUT2D eigenvalue weighted by Gasteiger charge is 2.11. The maximum Gasteiger partial charge on any atom is 0.139 e. The van der Waals surface area contributed by atoms with Crippen LogP contribution in [0.3, 0.4) is 0 Å². The molecule has 0 radical (unpaired) electrons. The molecular formula is C16H15BrFNOS. The van der Waals surface area contributed by atoms with Crippen LogP contribution in [0.2, 0.25) is 0 Å². The zero-order valence-corrected chi connectivity index (χ0v) is 14.1. The van der Waals surface area contributed by atoms with Crippen molar-refractivity contribution in [2.24, 2.45) is 5.73 Å². The van der Waals surface area contributed by atoms with Gasteiger partial charge >= 0.3 is 0 Å². The number of benzene rings is 2. The number of nitrogens with two attached hydrogens (primary N) is 1. The fourth-order valence-corrected chi connectivity index (χ4v) is 2.42. The molecule has 110 valence electrons. The monoisotopic (exact) mass is 367 g/mol. The lowest BCUT2D eigenvalue weighted by atomic mass is 10.1. The number of hydrogen-bond acceptors (Lipinski definition) is 2. The fourth-order valence-electron chi connectivity index (χ4n) is 2.03. The Morgan fingerprint density at radius 1 is 1.29 bits per heavy atom. The highest BCUT2D eigenvalue weighted by atomic mass is 79.9. The maximum absolute atomic E-state index is 14.2. The van der Waals surface area contributed by atoms with Gasteiger partial charge < -0.3 is 10.5 Å². The minimum absolute atomic E-state index is 0.0460. The SMILES string of the molecule is Cc1cc(OCc2cccc(C(N)=S)c2F)cc(C)c1Br. The molecule has 0 saturated carbocycles. The van der Waals surface area contributed by atoms with Gasteiger partial charge in [0.2, 0.25) is 0 Å². The van der Waals surface area contributed by atoms with Crippen molar-refractivity contribution in [1.82, 2.24) is 0 Å². The second-order valence-corrected chi connectivity index (χ2v) is 6.04.